The monoisotopic (exact) mass is 258 g/mol. The van der Waals surface area contributed by atoms with Crippen LogP contribution in [-0.4, -0.2) is 24.5 Å². The number of amides is 1. The maximum absolute atomic E-state index is 11.6. The second-order valence-electron chi connectivity index (χ2n) is 3.41. The van der Waals surface area contributed by atoms with Gasteiger partial charge in [-0.1, -0.05) is 24.6 Å². The number of hydrogen-bond acceptors (Lipinski definition) is 4. The van der Waals surface area contributed by atoms with Crippen molar-refractivity contribution in [3.05, 3.63) is 23.2 Å². The van der Waals surface area contributed by atoms with E-state index in [9.17, 15) is 9.90 Å². The van der Waals surface area contributed by atoms with Gasteiger partial charge in [-0.25, -0.2) is 9.69 Å². The third kappa shape index (κ3) is 2.81. The van der Waals surface area contributed by atoms with Gasteiger partial charge in [0, 0.05) is 0 Å². The number of carbonyl (C=O) groups is 1. The molecule has 0 aromatic heterocycles. The van der Waals surface area contributed by atoms with Crippen molar-refractivity contribution in [2.75, 3.05) is 17.7 Å². The highest BCUT2D eigenvalue weighted by Crippen LogP contribution is 2.33. The summed E-state index contributed by atoms with van der Waals surface area (Å²) < 4.78 is 4.61. The molecule has 1 unspecified atom stereocenters. The fraction of sp³-hybridized carbons (Fsp3) is 0.364. The molecule has 0 radical (unpaired) electrons. The van der Waals surface area contributed by atoms with Crippen LogP contribution in [0.2, 0.25) is 5.02 Å². The van der Waals surface area contributed by atoms with E-state index in [1.165, 1.54) is 7.11 Å². The highest BCUT2D eigenvalue weighted by molar-refractivity contribution is 6.34. The Morgan fingerprint density at radius 3 is 2.76 bits per heavy atom. The Labute approximate surface area is 105 Å². The Bertz CT molecular complexity index is 391. The molecular formula is C11H15ClN2O3. The van der Waals surface area contributed by atoms with Gasteiger partial charge in [0.25, 0.3) is 0 Å². The van der Waals surface area contributed by atoms with Crippen LogP contribution >= 0.6 is 11.6 Å². The Morgan fingerprint density at radius 1 is 1.65 bits per heavy atom. The van der Waals surface area contributed by atoms with Crippen LogP contribution in [0.15, 0.2) is 18.2 Å². The number of hydrogen-bond donors (Lipinski definition) is 2. The molecule has 0 heterocycles. The van der Waals surface area contributed by atoms with Crippen molar-refractivity contribution < 1.29 is 14.6 Å². The zero-order valence-corrected chi connectivity index (χ0v) is 10.4. The molecule has 6 heteroatoms. The molecule has 94 valence electrons. The van der Waals surface area contributed by atoms with Crippen LogP contribution in [0.25, 0.3) is 0 Å². The number of rotatable bonds is 3. The van der Waals surface area contributed by atoms with Crippen molar-refractivity contribution >= 4 is 29.1 Å². The van der Waals surface area contributed by atoms with Gasteiger partial charge in [-0.15, -0.1) is 0 Å². The molecule has 0 spiro atoms. The van der Waals surface area contributed by atoms with Gasteiger partial charge in [0.15, 0.2) is 0 Å². The summed E-state index contributed by atoms with van der Waals surface area (Å²) in [6.07, 6.45) is -1.41. The van der Waals surface area contributed by atoms with E-state index in [4.69, 9.17) is 17.3 Å². The van der Waals surface area contributed by atoms with Gasteiger partial charge < -0.3 is 15.6 Å². The van der Waals surface area contributed by atoms with Crippen LogP contribution in [0.3, 0.4) is 0 Å². The van der Waals surface area contributed by atoms with Crippen molar-refractivity contribution in [1.29, 1.82) is 0 Å². The first-order chi connectivity index (χ1) is 8.02. The van der Waals surface area contributed by atoms with E-state index < -0.39 is 12.3 Å². The number of aliphatic hydroxyl groups is 1. The first kappa shape index (κ1) is 13.6. The van der Waals surface area contributed by atoms with Gasteiger partial charge in [-0.05, 0) is 18.6 Å². The highest BCUT2D eigenvalue weighted by Gasteiger charge is 2.26. The molecule has 1 aromatic carbocycles. The standard InChI is InChI=1S/C11H15ClN2O3/c1-3-9(15)14(11(16)17-2)10-7(12)5-4-6-8(10)13/h4-6,9,15H,3,13H2,1-2H3. The van der Waals surface area contributed by atoms with Gasteiger partial charge in [0.1, 0.15) is 6.23 Å². The van der Waals surface area contributed by atoms with Crippen LogP contribution in [0.1, 0.15) is 13.3 Å². The Morgan fingerprint density at radius 2 is 2.29 bits per heavy atom. The normalized spacial score (nSPS) is 12.0. The van der Waals surface area contributed by atoms with E-state index >= 15 is 0 Å². The van der Waals surface area contributed by atoms with Crippen LogP contribution < -0.4 is 10.6 Å². The Hall–Kier alpha value is -1.46. The van der Waals surface area contributed by atoms with Crippen LogP contribution in [-0.2, 0) is 4.74 Å². The first-order valence-corrected chi connectivity index (χ1v) is 5.50. The molecule has 1 rings (SSSR count). The number of carbonyl (C=O) groups excluding carboxylic acids is 1. The van der Waals surface area contributed by atoms with Gasteiger partial charge in [0.05, 0.1) is 23.5 Å². The molecule has 17 heavy (non-hydrogen) atoms. The minimum absolute atomic E-state index is 0.260. The third-order valence-electron chi connectivity index (χ3n) is 2.29. The lowest BCUT2D eigenvalue weighted by Crippen LogP contribution is -2.40. The lowest BCUT2D eigenvalue weighted by Gasteiger charge is -2.27. The summed E-state index contributed by atoms with van der Waals surface area (Å²) in [7, 11) is 1.23. The van der Waals surface area contributed by atoms with Gasteiger partial charge in [-0.3, -0.25) is 0 Å². The molecule has 1 aromatic rings. The van der Waals surface area contributed by atoms with Crippen LogP contribution in [0.5, 0.6) is 0 Å². The molecule has 0 bridgehead atoms. The van der Waals surface area contributed by atoms with Crippen LogP contribution in [0.4, 0.5) is 16.2 Å². The maximum Gasteiger partial charge on any atom is 0.416 e. The lowest BCUT2D eigenvalue weighted by molar-refractivity contribution is 0.133. The van der Waals surface area contributed by atoms with E-state index in [2.05, 4.69) is 4.74 Å². The van der Waals surface area contributed by atoms with Crippen molar-refractivity contribution in [3.63, 3.8) is 0 Å². The van der Waals surface area contributed by atoms with E-state index in [-0.39, 0.29) is 10.7 Å². The number of methoxy groups -OCH3 is 1. The summed E-state index contributed by atoms with van der Waals surface area (Å²) in [5.41, 5.74) is 6.32. The summed E-state index contributed by atoms with van der Waals surface area (Å²) in [6.45, 7) is 1.73. The zero-order valence-electron chi connectivity index (χ0n) is 9.68. The van der Waals surface area contributed by atoms with E-state index in [0.717, 1.165) is 4.90 Å². The zero-order chi connectivity index (χ0) is 13.0. The topological polar surface area (TPSA) is 75.8 Å². The molecule has 0 aliphatic carbocycles. The maximum atomic E-state index is 11.6. The predicted octanol–water partition coefficient (Wildman–Crippen LogP) is 2.22. The molecule has 1 atom stereocenters. The van der Waals surface area contributed by atoms with Gasteiger partial charge in [0.2, 0.25) is 0 Å². The SMILES string of the molecule is CCC(O)N(C(=O)OC)c1c(N)cccc1Cl. The first-order valence-electron chi connectivity index (χ1n) is 5.12. The Kier molecular flexibility index (Phi) is 4.60. The molecule has 1 amide bonds. The number of ether oxygens (including phenoxy) is 1. The van der Waals surface area contributed by atoms with E-state index in [1.807, 2.05) is 0 Å². The van der Waals surface area contributed by atoms with E-state index in [0.29, 0.717) is 12.1 Å². The van der Waals surface area contributed by atoms with E-state index in [1.54, 1.807) is 25.1 Å². The molecule has 5 nitrogen and oxygen atoms in total. The average molecular weight is 259 g/mol. The smallest absolute Gasteiger partial charge is 0.416 e. The minimum Gasteiger partial charge on any atom is -0.452 e. The number of nitrogens with two attached hydrogens (primary N) is 1. The molecule has 0 fully saturated rings. The second-order valence-corrected chi connectivity index (χ2v) is 3.81. The van der Waals surface area contributed by atoms with Gasteiger partial charge in [-0.2, -0.15) is 0 Å². The molecule has 0 aliphatic heterocycles. The summed E-state index contributed by atoms with van der Waals surface area (Å²) in [6, 6.07) is 4.85. The summed E-state index contributed by atoms with van der Waals surface area (Å²) >= 11 is 5.99. The lowest BCUT2D eigenvalue weighted by atomic mass is 10.2. The molecule has 0 saturated carbocycles. The van der Waals surface area contributed by atoms with Crippen molar-refractivity contribution in [3.8, 4) is 0 Å². The summed E-state index contributed by atoms with van der Waals surface area (Å²) in [5, 5.41) is 10.1. The van der Waals surface area contributed by atoms with Crippen molar-refractivity contribution in [2.24, 2.45) is 0 Å². The molecule has 3 N–H and O–H groups in total. The molecular weight excluding hydrogens is 244 g/mol. The number of halogens is 1. The summed E-state index contributed by atoms with van der Waals surface area (Å²) in [4.78, 5) is 12.7. The fourth-order valence-electron chi connectivity index (χ4n) is 1.43. The highest BCUT2D eigenvalue weighted by atomic mass is 35.5. The van der Waals surface area contributed by atoms with Crippen molar-refractivity contribution in [2.45, 2.75) is 19.6 Å². The molecule has 0 saturated heterocycles. The number of nitrogens with zero attached hydrogens (tertiary/aromatic N) is 1. The number of benzene rings is 1. The fourth-order valence-corrected chi connectivity index (χ4v) is 1.70. The average Bonchev–Trinajstić information content (AvgIpc) is 2.32. The largest absolute Gasteiger partial charge is 0.452 e. The number of aliphatic hydroxyl groups excluding tert-OH is 1. The third-order valence-corrected chi connectivity index (χ3v) is 2.60. The van der Waals surface area contributed by atoms with Gasteiger partial charge >= 0.3 is 6.09 Å². The number of nitrogen functional groups attached to an aromatic ring is 1. The summed E-state index contributed by atoms with van der Waals surface area (Å²) in [5.74, 6) is 0. The van der Waals surface area contributed by atoms with Crippen molar-refractivity contribution in [1.82, 2.24) is 0 Å². The number of para-hydroxylation sites is 1. The predicted molar refractivity (Wildman–Crippen MR) is 67.0 cm³/mol. The van der Waals surface area contributed by atoms with Crippen LogP contribution in [0, 0.1) is 0 Å². The second kappa shape index (κ2) is 5.75. The quantitative estimate of drug-likeness (QED) is 0.644. The minimum atomic E-state index is -1.04. The molecule has 0 aliphatic rings. The number of anilines is 2. The Balaban J connectivity index is 3.26.